The first-order chi connectivity index (χ1) is 6.65. The Morgan fingerprint density at radius 2 is 1.86 bits per heavy atom. The summed E-state index contributed by atoms with van der Waals surface area (Å²) in [5, 5.41) is 9.58. The van der Waals surface area contributed by atoms with E-state index in [1.54, 1.807) is 0 Å². The Bertz CT molecular complexity index is 279. The molecule has 1 N–H and O–H groups in total. The molecule has 1 heteroatoms. The summed E-state index contributed by atoms with van der Waals surface area (Å²) >= 11 is 0. The van der Waals surface area contributed by atoms with Gasteiger partial charge in [0.2, 0.25) is 0 Å². The van der Waals surface area contributed by atoms with Crippen molar-refractivity contribution in [1.82, 2.24) is 0 Å². The van der Waals surface area contributed by atoms with Gasteiger partial charge in [-0.15, -0.1) is 0 Å². The van der Waals surface area contributed by atoms with Crippen LogP contribution in [0.1, 0.15) is 36.0 Å². The predicted molar refractivity (Wildman–Crippen MR) is 60.2 cm³/mol. The third kappa shape index (κ3) is 2.76. The first kappa shape index (κ1) is 11.1. The summed E-state index contributed by atoms with van der Waals surface area (Å²) in [7, 11) is 0. The molecule has 0 atom stereocenters. The number of unbranched alkanes of at least 4 members (excludes halogenated alkanes) is 2. The van der Waals surface area contributed by atoms with Crippen LogP contribution >= 0.6 is 0 Å². The highest BCUT2D eigenvalue weighted by molar-refractivity contribution is 5.44. The van der Waals surface area contributed by atoms with Crippen molar-refractivity contribution < 1.29 is 5.11 Å². The fourth-order valence-corrected chi connectivity index (χ4v) is 1.52. The molecule has 0 heterocycles. The van der Waals surface area contributed by atoms with Crippen LogP contribution in [0.15, 0.2) is 12.1 Å². The molecule has 0 unspecified atom stereocenters. The van der Waals surface area contributed by atoms with Gasteiger partial charge in [-0.05, 0) is 43.4 Å². The molecular formula is C13H18O. The first-order valence-electron chi connectivity index (χ1n) is 5.08. The first-order valence-corrected chi connectivity index (χ1v) is 5.08. The van der Waals surface area contributed by atoms with Gasteiger partial charge >= 0.3 is 0 Å². The van der Waals surface area contributed by atoms with Crippen molar-refractivity contribution in [2.45, 2.75) is 33.1 Å². The van der Waals surface area contributed by atoms with Gasteiger partial charge in [-0.3, -0.25) is 0 Å². The molecule has 0 aliphatic heterocycles. The van der Waals surface area contributed by atoms with Gasteiger partial charge in [-0.1, -0.05) is 31.9 Å². The summed E-state index contributed by atoms with van der Waals surface area (Å²) in [6.07, 6.45) is 5.36. The van der Waals surface area contributed by atoms with Crippen molar-refractivity contribution in [2.24, 2.45) is 0 Å². The molecular weight excluding hydrogens is 172 g/mol. The van der Waals surface area contributed by atoms with Crippen molar-refractivity contribution in [3.8, 4) is 5.75 Å². The van der Waals surface area contributed by atoms with Crippen molar-refractivity contribution in [2.75, 3.05) is 0 Å². The van der Waals surface area contributed by atoms with Gasteiger partial charge < -0.3 is 5.11 Å². The van der Waals surface area contributed by atoms with Crippen LogP contribution in [-0.2, 0) is 0 Å². The smallest absolute Gasteiger partial charge is 0.121 e. The Kier molecular flexibility index (Phi) is 3.99. The number of phenols is 1. The highest BCUT2D eigenvalue weighted by Gasteiger charge is 2.02. The van der Waals surface area contributed by atoms with E-state index in [9.17, 15) is 5.11 Å². The molecule has 0 spiro atoms. The minimum atomic E-state index is 0.416. The molecule has 0 fully saturated rings. The Balaban J connectivity index is 2.69. The fourth-order valence-electron chi connectivity index (χ4n) is 1.52. The third-order valence-corrected chi connectivity index (χ3v) is 2.35. The van der Waals surface area contributed by atoms with E-state index in [-0.39, 0.29) is 0 Å². The minimum Gasteiger partial charge on any atom is -0.507 e. The summed E-state index contributed by atoms with van der Waals surface area (Å²) in [5.41, 5.74) is 3.10. The number of hydrogen-bond donors (Lipinski definition) is 1. The maximum atomic E-state index is 9.58. The van der Waals surface area contributed by atoms with Crippen LogP contribution in [0.5, 0.6) is 5.75 Å². The molecule has 0 aliphatic carbocycles. The lowest BCUT2D eigenvalue weighted by Gasteiger charge is -2.07. The molecule has 0 amide bonds. The van der Waals surface area contributed by atoms with Crippen LogP contribution in [-0.4, -0.2) is 5.11 Å². The van der Waals surface area contributed by atoms with Gasteiger partial charge in [0.05, 0.1) is 0 Å². The lowest BCUT2D eigenvalue weighted by Crippen LogP contribution is -1.87. The largest absolute Gasteiger partial charge is 0.507 e. The molecule has 0 aliphatic rings. The van der Waals surface area contributed by atoms with Crippen molar-refractivity contribution in [3.05, 3.63) is 42.2 Å². The monoisotopic (exact) mass is 190 g/mol. The van der Waals surface area contributed by atoms with Crippen molar-refractivity contribution in [1.29, 1.82) is 0 Å². The third-order valence-electron chi connectivity index (χ3n) is 2.35. The Hall–Kier alpha value is -0.980. The fraction of sp³-hybridized carbons (Fsp3) is 0.385. The topological polar surface area (TPSA) is 20.2 Å². The summed E-state index contributed by atoms with van der Waals surface area (Å²) in [6.45, 7) is 7.67. The minimum absolute atomic E-state index is 0.416. The molecule has 1 rings (SSSR count). The second kappa shape index (κ2) is 5.04. The molecule has 14 heavy (non-hydrogen) atoms. The molecule has 2 radical (unpaired) electrons. The normalized spacial score (nSPS) is 10.5. The van der Waals surface area contributed by atoms with Gasteiger partial charge in [0.15, 0.2) is 0 Å². The lowest BCUT2D eigenvalue weighted by molar-refractivity contribution is 0.466. The lowest BCUT2D eigenvalue weighted by atomic mass is 10.0. The van der Waals surface area contributed by atoms with Crippen LogP contribution < -0.4 is 0 Å². The number of benzene rings is 1. The summed E-state index contributed by atoms with van der Waals surface area (Å²) in [4.78, 5) is 0. The molecule has 0 saturated carbocycles. The SMILES string of the molecule is [CH2]CCC[CH]c1cc(C)c(O)c(C)c1. The van der Waals surface area contributed by atoms with Crippen LogP contribution in [0, 0.1) is 27.2 Å². The van der Waals surface area contributed by atoms with Crippen molar-refractivity contribution in [3.63, 3.8) is 0 Å². The second-order valence-corrected chi connectivity index (χ2v) is 3.70. The maximum absolute atomic E-state index is 9.58. The van der Waals surface area contributed by atoms with Gasteiger partial charge in [0.1, 0.15) is 5.75 Å². The number of rotatable bonds is 4. The van der Waals surface area contributed by atoms with Gasteiger partial charge in [0, 0.05) is 0 Å². The second-order valence-electron chi connectivity index (χ2n) is 3.70. The van der Waals surface area contributed by atoms with E-state index in [2.05, 4.69) is 13.3 Å². The molecule has 1 aromatic carbocycles. The number of aromatic hydroxyl groups is 1. The quantitative estimate of drug-likeness (QED) is 0.720. The Morgan fingerprint density at radius 3 is 2.36 bits per heavy atom. The number of phenolic OH excluding ortho intramolecular Hbond substituents is 1. The van der Waals surface area contributed by atoms with E-state index >= 15 is 0 Å². The molecule has 0 aromatic heterocycles. The Labute approximate surface area is 86.8 Å². The van der Waals surface area contributed by atoms with Crippen LogP contribution in [0.3, 0.4) is 0 Å². The molecule has 0 saturated heterocycles. The Morgan fingerprint density at radius 1 is 1.29 bits per heavy atom. The zero-order valence-electron chi connectivity index (χ0n) is 9.01. The van der Waals surface area contributed by atoms with E-state index < -0.39 is 0 Å². The predicted octanol–water partition coefficient (Wildman–Crippen LogP) is 3.57. The molecule has 76 valence electrons. The average Bonchev–Trinajstić information content (AvgIpc) is 2.14. The van der Waals surface area contributed by atoms with Gasteiger partial charge in [-0.2, -0.15) is 0 Å². The maximum Gasteiger partial charge on any atom is 0.121 e. The number of aryl methyl sites for hydroxylation is 2. The summed E-state index contributed by atoms with van der Waals surface area (Å²) in [6, 6.07) is 4.04. The molecule has 0 bridgehead atoms. The summed E-state index contributed by atoms with van der Waals surface area (Å²) < 4.78 is 0. The highest BCUT2D eigenvalue weighted by atomic mass is 16.3. The van der Waals surface area contributed by atoms with Crippen LogP contribution in [0.2, 0.25) is 0 Å². The van der Waals surface area contributed by atoms with E-state index in [0.29, 0.717) is 5.75 Å². The van der Waals surface area contributed by atoms with E-state index in [1.165, 1.54) is 5.56 Å². The molecule has 1 aromatic rings. The highest BCUT2D eigenvalue weighted by Crippen LogP contribution is 2.24. The number of hydrogen-bond acceptors (Lipinski definition) is 1. The average molecular weight is 190 g/mol. The van der Waals surface area contributed by atoms with Crippen LogP contribution in [0.25, 0.3) is 0 Å². The van der Waals surface area contributed by atoms with Crippen LogP contribution in [0.4, 0.5) is 0 Å². The summed E-state index contributed by atoms with van der Waals surface area (Å²) in [5.74, 6) is 0.416. The zero-order valence-corrected chi connectivity index (χ0v) is 9.01. The van der Waals surface area contributed by atoms with Gasteiger partial charge in [-0.25, -0.2) is 0 Å². The molecule has 1 nitrogen and oxygen atoms in total. The zero-order chi connectivity index (χ0) is 10.6. The standard InChI is InChI=1S/C13H18O/c1-4-5-6-7-12-8-10(2)13(14)11(3)9-12/h7-9,14H,1,4-6H2,2-3H3. The van der Waals surface area contributed by atoms with E-state index in [0.717, 1.165) is 30.4 Å². The van der Waals surface area contributed by atoms with E-state index in [4.69, 9.17) is 0 Å². The van der Waals surface area contributed by atoms with E-state index in [1.807, 2.05) is 26.0 Å². The van der Waals surface area contributed by atoms with Gasteiger partial charge in [0.25, 0.3) is 0 Å². The van der Waals surface area contributed by atoms with Crippen molar-refractivity contribution >= 4 is 0 Å².